The number of pyridine rings is 1. The number of hydrogen-bond acceptors (Lipinski definition) is 5. The smallest absolute Gasteiger partial charge is 0.256 e. The van der Waals surface area contributed by atoms with Gasteiger partial charge in [-0.2, -0.15) is 0 Å². The van der Waals surface area contributed by atoms with Gasteiger partial charge in [0, 0.05) is 26.3 Å². The molecule has 0 saturated heterocycles. The van der Waals surface area contributed by atoms with E-state index in [2.05, 4.69) is 4.98 Å². The number of ether oxygens (including phenoxy) is 3. The number of aliphatic hydroxyl groups is 1. The summed E-state index contributed by atoms with van der Waals surface area (Å²) in [6.07, 6.45) is 4.44. The molecule has 1 aromatic heterocycles. The van der Waals surface area contributed by atoms with Crippen LogP contribution in [-0.2, 0) is 4.74 Å². The first-order chi connectivity index (χ1) is 10.1. The molecule has 0 atom stereocenters. The van der Waals surface area contributed by atoms with Crippen molar-refractivity contribution in [2.24, 2.45) is 5.92 Å². The van der Waals surface area contributed by atoms with Crippen LogP contribution >= 0.6 is 0 Å². The average molecular weight is 295 g/mol. The van der Waals surface area contributed by atoms with Gasteiger partial charge in [-0.3, -0.25) is 0 Å². The average Bonchev–Trinajstić information content (AvgIpc) is 2.49. The summed E-state index contributed by atoms with van der Waals surface area (Å²) in [5.41, 5.74) is 1.84. The van der Waals surface area contributed by atoms with Crippen molar-refractivity contribution in [3.05, 3.63) is 23.4 Å². The van der Waals surface area contributed by atoms with E-state index in [4.69, 9.17) is 14.2 Å². The molecule has 0 unspecified atom stereocenters. The van der Waals surface area contributed by atoms with Gasteiger partial charge in [0.15, 0.2) is 5.75 Å². The fourth-order valence-electron chi connectivity index (χ4n) is 1.78. The number of hydrogen-bond donors (Lipinski definition) is 1. The summed E-state index contributed by atoms with van der Waals surface area (Å²) < 4.78 is 15.9. The van der Waals surface area contributed by atoms with E-state index in [9.17, 15) is 5.11 Å². The van der Waals surface area contributed by atoms with Gasteiger partial charge in [0.25, 0.3) is 5.88 Å². The molecule has 0 aliphatic heterocycles. The molecular weight excluding hydrogens is 270 g/mol. The van der Waals surface area contributed by atoms with Crippen LogP contribution in [0.4, 0.5) is 0 Å². The van der Waals surface area contributed by atoms with Crippen LogP contribution in [0.2, 0.25) is 0 Å². The lowest BCUT2D eigenvalue weighted by atomic mass is 10.0. The predicted molar refractivity (Wildman–Crippen MR) is 82.7 cm³/mol. The monoisotopic (exact) mass is 295 g/mol. The molecule has 1 aromatic rings. The fraction of sp³-hybridized carbons (Fsp3) is 0.562. The number of nitrogens with zero attached hydrogens (tertiary/aromatic N) is 1. The van der Waals surface area contributed by atoms with Crippen LogP contribution in [0.1, 0.15) is 25.8 Å². The zero-order valence-electron chi connectivity index (χ0n) is 13.3. The minimum atomic E-state index is 0.0354. The molecule has 1 N–H and O–H groups in total. The molecule has 0 radical (unpaired) electrons. The Labute approximate surface area is 126 Å². The SMILES string of the molecule is COCCCOc1cc(/C=C(/CO)C(C)C)cnc1OC. The molecule has 0 aliphatic carbocycles. The number of rotatable bonds is 9. The minimum absolute atomic E-state index is 0.0354. The molecule has 0 saturated carbocycles. The highest BCUT2D eigenvalue weighted by Gasteiger charge is 2.08. The fourth-order valence-corrected chi connectivity index (χ4v) is 1.78. The van der Waals surface area contributed by atoms with Crippen LogP contribution < -0.4 is 9.47 Å². The second-order valence-electron chi connectivity index (χ2n) is 5.00. The second kappa shape index (κ2) is 9.37. The lowest BCUT2D eigenvalue weighted by Crippen LogP contribution is -2.04. The van der Waals surface area contributed by atoms with Crippen LogP contribution in [-0.4, -0.2) is 44.1 Å². The molecule has 0 spiro atoms. The Morgan fingerprint density at radius 2 is 2.10 bits per heavy atom. The van der Waals surface area contributed by atoms with Gasteiger partial charge < -0.3 is 19.3 Å². The maximum Gasteiger partial charge on any atom is 0.256 e. The summed E-state index contributed by atoms with van der Waals surface area (Å²) in [5, 5.41) is 9.37. The van der Waals surface area contributed by atoms with Crippen molar-refractivity contribution < 1.29 is 19.3 Å². The molecule has 1 rings (SSSR count). The van der Waals surface area contributed by atoms with Crippen molar-refractivity contribution in [3.8, 4) is 11.6 Å². The third kappa shape index (κ3) is 5.73. The van der Waals surface area contributed by atoms with Crippen LogP contribution in [0.25, 0.3) is 6.08 Å². The van der Waals surface area contributed by atoms with Crippen LogP contribution in [0.5, 0.6) is 11.6 Å². The van der Waals surface area contributed by atoms with Crippen LogP contribution in [0.3, 0.4) is 0 Å². The van der Waals surface area contributed by atoms with E-state index >= 15 is 0 Å². The molecule has 5 heteroatoms. The highest BCUT2D eigenvalue weighted by Crippen LogP contribution is 2.26. The minimum Gasteiger partial charge on any atom is -0.488 e. The maximum atomic E-state index is 9.37. The Kier molecular flexibility index (Phi) is 7.79. The normalized spacial score (nSPS) is 11.8. The largest absolute Gasteiger partial charge is 0.488 e. The third-order valence-corrected chi connectivity index (χ3v) is 3.06. The van der Waals surface area contributed by atoms with Crippen molar-refractivity contribution in [1.29, 1.82) is 0 Å². The van der Waals surface area contributed by atoms with Crippen molar-refractivity contribution >= 4 is 6.08 Å². The first-order valence-electron chi connectivity index (χ1n) is 7.09. The van der Waals surface area contributed by atoms with Crippen molar-refractivity contribution in [3.63, 3.8) is 0 Å². The lowest BCUT2D eigenvalue weighted by molar-refractivity contribution is 0.170. The molecule has 0 aliphatic rings. The van der Waals surface area contributed by atoms with Gasteiger partial charge >= 0.3 is 0 Å². The summed E-state index contributed by atoms with van der Waals surface area (Å²) in [6, 6.07) is 1.87. The van der Waals surface area contributed by atoms with Crippen molar-refractivity contribution in [2.45, 2.75) is 20.3 Å². The van der Waals surface area contributed by atoms with Gasteiger partial charge in [-0.15, -0.1) is 0 Å². The van der Waals surface area contributed by atoms with Crippen LogP contribution in [0, 0.1) is 5.92 Å². The van der Waals surface area contributed by atoms with E-state index in [1.165, 1.54) is 0 Å². The number of methoxy groups -OCH3 is 2. The van der Waals surface area contributed by atoms with Gasteiger partial charge in [-0.25, -0.2) is 4.98 Å². The highest BCUT2D eigenvalue weighted by atomic mass is 16.5. The highest BCUT2D eigenvalue weighted by molar-refractivity contribution is 5.56. The molecule has 118 valence electrons. The van der Waals surface area contributed by atoms with Crippen molar-refractivity contribution in [2.75, 3.05) is 34.0 Å². The summed E-state index contributed by atoms with van der Waals surface area (Å²) in [6.45, 7) is 5.31. The molecule has 1 heterocycles. The van der Waals surface area contributed by atoms with Crippen molar-refractivity contribution in [1.82, 2.24) is 4.98 Å². The van der Waals surface area contributed by atoms with Gasteiger partial charge in [-0.1, -0.05) is 19.9 Å². The topological polar surface area (TPSA) is 60.8 Å². The Hall–Kier alpha value is -1.59. The Balaban J connectivity index is 2.88. The molecule has 0 fully saturated rings. The number of aliphatic hydroxyl groups excluding tert-OH is 1. The van der Waals surface area contributed by atoms with Gasteiger partial charge in [-0.05, 0) is 23.1 Å². The maximum absolute atomic E-state index is 9.37. The van der Waals surface area contributed by atoms with Crippen LogP contribution in [0.15, 0.2) is 17.8 Å². The van der Waals surface area contributed by atoms with E-state index in [1.54, 1.807) is 20.4 Å². The van der Waals surface area contributed by atoms with E-state index in [1.807, 2.05) is 26.0 Å². The molecule has 0 bridgehead atoms. The zero-order chi connectivity index (χ0) is 15.7. The third-order valence-electron chi connectivity index (χ3n) is 3.06. The Bertz CT molecular complexity index is 458. The summed E-state index contributed by atoms with van der Waals surface area (Å²) in [4.78, 5) is 4.24. The first kappa shape index (κ1) is 17.5. The molecule has 21 heavy (non-hydrogen) atoms. The predicted octanol–water partition coefficient (Wildman–Crippen LogP) is 2.54. The lowest BCUT2D eigenvalue weighted by Gasteiger charge is -2.12. The number of aromatic nitrogens is 1. The quantitative estimate of drug-likeness (QED) is 0.709. The summed E-state index contributed by atoms with van der Waals surface area (Å²) in [5.74, 6) is 1.34. The summed E-state index contributed by atoms with van der Waals surface area (Å²) in [7, 11) is 3.23. The molecule has 5 nitrogen and oxygen atoms in total. The molecule has 0 aromatic carbocycles. The Morgan fingerprint density at radius 1 is 1.33 bits per heavy atom. The van der Waals surface area contributed by atoms with Gasteiger partial charge in [0.05, 0.1) is 20.3 Å². The van der Waals surface area contributed by atoms with Gasteiger partial charge in [0.1, 0.15) is 0 Å². The Morgan fingerprint density at radius 3 is 2.67 bits per heavy atom. The van der Waals surface area contributed by atoms with E-state index in [0.717, 1.165) is 17.6 Å². The van der Waals surface area contributed by atoms with E-state index < -0.39 is 0 Å². The first-order valence-corrected chi connectivity index (χ1v) is 7.09. The van der Waals surface area contributed by atoms with E-state index in [-0.39, 0.29) is 12.5 Å². The standard InChI is InChI=1S/C16H25NO4/c1-12(2)14(11-18)8-13-9-15(16(20-4)17-10-13)21-7-5-6-19-3/h8-10,12,18H,5-7,11H2,1-4H3/b14-8-. The summed E-state index contributed by atoms with van der Waals surface area (Å²) >= 11 is 0. The molecule has 0 amide bonds. The van der Waals surface area contributed by atoms with Gasteiger partial charge in [0.2, 0.25) is 0 Å². The van der Waals surface area contributed by atoms with E-state index in [0.29, 0.717) is 24.8 Å². The zero-order valence-corrected chi connectivity index (χ0v) is 13.3. The second-order valence-corrected chi connectivity index (χ2v) is 5.00. The molecular formula is C16H25NO4.